The van der Waals surface area contributed by atoms with Crippen molar-refractivity contribution in [3.05, 3.63) is 94.0 Å². The van der Waals surface area contributed by atoms with Gasteiger partial charge in [-0.05, 0) is 55.0 Å². The molecule has 0 aliphatic carbocycles. The summed E-state index contributed by atoms with van der Waals surface area (Å²) in [5, 5.41) is 16.8. The molecule has 0 saturated heterocycles. The quantitative estimate of drug-likeness (QED) is 0.433. The minimum Gasteiger partial charge on any atom is -0.507 e. The Balaban J connectivity index is 1.68. The van der Waals surface area contributed by atoms with Gasteiger partial charge < -0.3 is 10.4 Å². The Kier molecular flexibility index (Phi) is 6.26. The molecule has 0 unspecified atom stereocenters. The lowest BCUT2D eigenvalue weighted by Crippen LogP contribution is -2.18. The maximum Gasteiger partial charge on any atom is 0.271 e. The van der Waals surface area contributed by atoms with Crippen LogP contribution in [0.1, 0.15) is 31.8 Å². The number of amides is 2. The summed E-state index contributed by atoms with van der Waals surface area (Å²) in [4.78, 5) is 24.8. The van der Waals surface area contributed by atoms with Crippen molar-refractivity contribution in [2.45, 2.75) is 6.92 Å². The van der Waals surface area contributed by atoms with Crippen LogP contribution in [-0.2, 0) is 0 Å². The molecule has 6 nitrogen and oxygen atoms in total. The maximum atomic E-state index is 12.4. The molecule has 0 atom stereocenters. The lowest BCUT2D eigenvalue weighted by atomic mass is 10.1. The van der Waals surface area contributed by atoms with E-state index < -0.39 is 5.91 Å². The average Bonchev–Trinajstić information content (AvgIpc) is 2.71. The third kappa shape index (κ3) is 5.21. The van der Waals surface area contributed by atoms with Crippen LogP contribution in [0.25, 0.3) is 0 Å². The highest BCUT2D eigenvalue weighted by Gasteiger charge is 2.10. The van der Waals surface area contributed by atoms with Crippen LogP contribution in [-0.4, -0.2) is 23.1 Å². The summed E-state index contributed by atoms with van der Waals surface area (Å²) in [6.45, 7) is 1.86. The van der Waals surface area contributed by atoms with E-state index in [2.05, 4.69) is 15.8 Å². The molecule has 0 aliphatic rings. The average molecular weight is 408 g/mol. The number of phenols is 1. The minimum absolute atomic E-state index is 0.00619. The van der Waals surface area contributed by atoms with E-state index in [1.165, 1.54) is 18.3 Å². The fourth-order valence-electron chi connectivity index (χ4n) is 2.62. The topological polar surface area (TPSA) is 90.8 Å². The summed E-state index contributed by atoms with van der Waals surface area (Å²) < 4.78 is 0. The fourth-order valence-corrected chi connectivity index (χ4v) is 2.80. The van der Waals surface area contributed by atoms with Crippen molar-refractivity contribution in [2.75, 3.05) is 5.32 Å². The zero-order chi connectivity index (χ0) is 20.8. The number of rotatable bonds is 5. The van der Waals surface area contributed by atoms with Crippen molar-refractivity contribution in [1.29, 1.82) is 0 Å². The first-order valence-corrected chi connectivity index (χ1v) is 9.11. The molecule has 29 heavy (non-hydrogen) atoms. The van der Waals surface area contributed by atoms with Crippen molar-refractivity contribution < 1.29 is 14.7 Å². The number of aromatic hydroxyl groups is 1. The zero-order valence-electron chi connectivity index (χ0n) is 15.5. The van der Waals surface area contributed by atoms with Gasteiger partial charge in [0.15, 0.2) is 0 Å². The molecular formula is C22H18ClN3O3. The number of phenolic OH excluding ortho intramolecular Hbond substituents is 1. The lowest BCUT2D eigenvalue weighted by Gasteiger charge is -2.08. The van der Waals surface area contributed by atoms with Crippen LogP contribution in [0.3, 0.4) is 0 Å². The zero-order valence-corrected chi connectivity index (χ0v) is 16.3. The summed E-state index contributed by atoms with van der Waals surface area (Å²) in [6, 6.07) is 18.3. The first kappa shape index (κ1) is 20.1. The maximum absolute atomic E-state index is 12.4. The summed E-state index contributed by atoms with van der Waals surface area (Å²) in [7, 11) is 0. The van der Waals surface area contributed by atoms with Gasteiger partial charge in [0.25, 0.3) is 11.8 Å². The first-order valence-electron chi connectivity index (χ1n) is 8.73. The molecule has 3 aromatic rings. The van der Waals surface area contributed by atoms with Gasteiger partial charge in [-0.1, -0.05) is 35.9 Å². The predicted octanol–water partition coefficient (Wildman–Crippen LogP) is 4.37. The number of nitrogens with zero attached hydrogens (tertiary/aromatic N) is 1. The minimum atomic E-state index is -0.463. The van der Waals surface area contributed by atoms with Crippen LogP contribution < -0.4 is 10.7 Å². The van der Waals surface area contributed by atoms with Crippen molar-refractivity contribution in [1.82, 2.24) is 5.43 Å². The Morgan fingerprint density at radius 3 is 2.59 bits per heavy atom. The number of hydrogen-bond donors (Lipinski definition) is 3. The Morgan fingerprint density at radius 2 is 1.79 bits per heavy atom. The molecular weight excluding hydrogens is 390 g/mol. The summed E-state index contributed by atoms with van der Waals surface area (Å²) in [6.07, 6.45) is 1.29. The van der Waals surface area contributed by atoms with Crippen LogP contribution in [0.15, 0.2) is 71.8 Å². The van der Waals surface area contributed by atoms with Gasteiger partial charge in [-0.2, -0.15) is 5.10 Å². The third-order valence-corrected chi connectivity index (χ3v) is 4.37. The normalized spacial score (nSPS) is 10.7. The molecule has 0 radical (unpaired) electrons. The summed E-state index contributed by atoms with van der Waals surface area (Å²) in [5.74, 6) is -0.724. The highest BCUT2D eigenvalue weighted by atomic mass is 35.5. The molecule has 146 valence electrons. The van der Waals surface area contributed by atoms with E-state index in [9.17, 15) is 14.7 Å². The van der Waals surface area contributed by atoms with Crippen LogP contribution in [0.2, 0.25) is 5.02 Å². The van der Waals surface area contributed by atoms with Gasteiger partial charge in [0.1, 0.15) is 5.75 Å². The van der Waals surface area contributed by atoms with Crippen molar-refractivity contribution >= 4 is 35.3 Å². The largest absolute Gasteiger partial charge is 0.507 e. The van der Waals surface area contributed by atoms with Crippen LogP contribution in [0, 0.1) is 6.92 Å². The molecule has 7 heteroatoms. The highest BCUT2D eigenvalue weighted by Crippen LogP contribution is 2.19. The van der Waals surface area contributed by atoms with Gasteiger partial charge in [0.05, 0.1) is 6.21 Å². The number of hydrazone groups is 1. The lowest BCUT2D eigenvalue weighted by molar-refractivity contribution is 0.0953. The van der Waals surface area contributed by atoms with E-state index in [0.29, 0.717) is 27.4 Å². The Hall–Kier alpha value is -3.64. The van der Waals surface area contributed by atoms with Crippen molar-refractivity contribution in [2.24, 2.45) is 5.10 Å². The molecule has 0 bridgehead atoms. The number of benzene rings is 3. The van der Waals surface area contributed by atoms with Crippen LogP contribution in [0.4, 0.5) is 5.69 Å². The second-order valence-electron chi connectivity index (χ2n) is 6.25. The van der Waals surface area contributed by atoms with Gasteiger partial charge in [0.2, 0.25) is 0 Å². The Labute approximate surface area is 172 Å². The predicted molar refractivity (Wildman–Crippen MR) is 114 cm³/mol. The highest BCUT2D eigenvalue weighted by molar-refractivity contribution is 6.30. The third-order valence-electron chi connectivity index (χ3n) is 4.13. The number of halogens is 1. The number of carbonyl (C=O) groups excluding carboxylic acids is 2. The molecule has 0 heterocycles. The molecule has 0 saturated carbocycles. The fraction of sp³-hybridized carbons (Fsp3) is 0.0455. The second-order valence-corrected chi connectivity index (χ2v) is 6.69. The Morgan fingerprint density at radius 1 is 1.00 bits per heavy atom. The second kappa shape index (κ2) is 9.03. The van der Waals surface area contributed by atoms with E-state index in [4.69, 9.17) is 11.6 Å². The number of nitrogens with one attached hydrogen (secondary N) is 2. The van der Waals surface area contributed by atoms with E-state index in [0.717, 1.165) is 5.56 Å². The van der Waals surface area contributed by atoms with Crippen LogP contribution >= 0.6 is 11.6 Å². The molecule has 3 aromatic carbocycles. The standard InChI is InChI=1S/C22H18ClN3O3/c1-14-5-2-3-8-19(14)22(29)25-18-7-4-6-15(12-18)21(28)26-24-13-16-11-17(23)9-10-20(16)27/h2-13,27H,1H3,(H,25,29)(H,26,28). The van der Waals surface area contributed by atoms with Crippen molar-refractivity contribution in [3.8, 4) is 5.75 Å². The van der Waals surface area contributed by atoms with Crippen LogP contribution in [0.5, 0.6) is 5.75 Å². The van der Waals surface area contributed by atoms with Gasteiger partial charge in [-0.25, -0.2) is 5.43 Å². The molecule has 3 N–H and O–H groups in total. The first-order chi connectivity index (χ1) is 13.9. The van der Waals surface area contributed by atoms with E-state index in [-0.39, 0.29) is 11.7 Å². The number of hydrogen-bond acceptors (Lipinski definition) is 4. The van der Waals surface area contributed by atoms with Gasteiger partial charge in [0, 0.05) is 27.4 Å². The van der Waals surface area contributed by atoms with E-state index in [1.807, 2.05) is 19.1 Å². The summed E-state index contributed by atoms with van der Waals surface area (Å²) >= 11 is 5.87. The van der Waals surface area contributed by atoms with Crippen molar-refractivity contribution in [3.63, 3.8) is 0 Å². The number of carbonyl (C=O) groups is 2. The molecule has 3 rings (SSSR count). The number of anilines is 1. The van der Waals surface area contributed by atoms with Gasteiger partial charge in [-0.3, -0.25) is 9.59 Å². The summed E-state index contributed by atoms with van der Waals surface area (Å²) in [5.41, 5.74) is 4.98. The molecule has 0 aliphatic heterocycles. The molecule has 0 spiro atoms. The van der Waals surface area contributed by atoms with Gasteiger partial charge in [-0.15, -0.1) is 0 Å². The number of aryl methyl sites for hydroxylation is 1. The monoisotopic (exact) mass is 407 g/mol. The van der Waals surface area contributed by atoms with Gasteiger partial charge >= 0.3 is 0 Å². The SMILES string of the molecule is Cc1ccccc1C(=O)Nc1cccc(C(=O)NN=Cc2cc(Cl)ccc2O)c1. The molecule has 2 amide bonds. The smallest absolute Gasteiger partial charge is 0.271 e. The van der Waals surface area contributed by atoms with E-state index in [1.54, 1.807) is 42.5 Å². The molecule has 0 fully saturated rings. The molecule has 0 aromatic heterocycles. The van der Waals surface area contributed by atoms with E-state index >= 15 is 0 Å². The Bertz CT molecular complexity index is 1100.